The predicted molar refractivity (Wildman–Crippen MR) is 253 cm³/mol. The molecule has 13 atom stereocenters. The lowest BCUT2D eigenvalue weighted by Gasteiger charge is -2.25. The summed E-state index contributed by atoms with van der Waals surface area (Å²) in [5.74, 6) is 1.06. The lowest BCUT2D eigenvalue weighted by atomic mass is 9.91. The van der Waals surface area contributed by atoms with E-state index in [9.17, 15) is 20.4 Å². The van der Waals surface area contributed by atoms with Crippen LogP contribution in [-0.4, -0.2) is 156 Å². The zero-order valence-electron chi connectivity index (χ0n) is 42.3. The average molecular weight is 895 g/mol. The average Bonchev–Trinajstić information content (AvgIpc) is 3.27. The van der Waals surface area contributed by atoms with Crippen LogP contribution in [0.25, 0.3) is 0 Å². The number of aliphatic hydroxyl groups excluding tert-OH is 6. The van der Waals surface area contributed by atoms with Gasteiger partial charge >= 0.3 is 0 Å². The Morgan fingerprint density at radius 1 is 0.500 bits per heavy atom. The fraction of sp³-hybridized carbons (Fsp3) is 0.837. The SMILES string of the molecule is CCC(OC)C(C)CCC(O)C(C)/C=C/C=C(\C)CC(CC(O)COC)OC.CCC(OC)C(C)CCC(O)C(C)/C=C/C=C(\C)CC(CC(OC)C(O)OC)OC.CO.CO. The molecule has 0 spiro atoms. The number of ether oxygens (including phenoxy) is 7. The first-order valence-electron chi connectivity index (χ1n) is 22.5. The summed E-state index contributed by atoms with van der Waals surface area (Å²) in [5, 5.41) is 54.6. The van der Waals surface area contributed by atoms with Gasteiger partial charge in [0, 0.05) is 88.7 Å². The number of rotatable bonds is 33. The molecule has 0 aliphatic rings. The maximum atomic E-state index is 10.5. The molecule has 6 N–H and O–H groups in total. The van der Waals surface area contributed by atoms with Gasteiger partial charge in [-0.05, 0) is 77.0 Å². The molecule has 13 nitrogen and oxygen atoms in total. The van der Waals surface area contributed by atoms with Gasteiger partial charge < -0.3 is 63.8 Å². The van der Waals surface area contributed by atoms with Crippen LogP contribution in [0.15, 0.2) is 47.6 Å². The van der Waals surface area contributed by atoms with Crippen LogP contribution in [0.2, 0.25) is 0 Å². The van der Waals surface area contributed by atoms with Crippen molar-refractivity contribution in [2.75, 3.05) is 70.6 Å². The van der Waals surface area contributed by atoms with Crippen molar-refractivity contribution in [3.05, 3.63) is 47.6 Å². The summed E-state index contributed by atoms with van der Waals surface area (Å²) >= 11 is 0. The molecule has 13 heteroatoms. The van der Waals surface area contributed by atoms with Gasteiger partial charge in [0.1, 0.15) is 6.10 Å². The molecule has 0 radical (unpaired) electrons. The molecule has 372 valence electrons. The lowest BCUT2D eigenvalue weighted by molar-refractivity contribution is -0.164. The first kappa shape index (κ1) is 67.0. The van der Waals surface area contributed by atoms with Crippen molar-refractivity contribution in [2.24, 2.45) is 23.7 Å². The number of methoxy groups -OCH3 is 7. The van der Waals surface area contributed by atoms with E-state index in [4.69, 9.17) is 43.4 Å². The number of hydrogen-bond donors (Lipinski definition) is 6. The Morgan fingerprint density at radius 3 is 1.18 bits per heavy atom. The molecule has 0 saturated heterocycles. The van der Waals surface area contributed by atoms with Gasteiger partial charge in [-0.2, -0.15) is 0 Å². The van der Waals surface area contributed by atoms with Gasteiger partial charge in [-0.3, -0.25) is 0 Å². The van der Waals surface area contributed by atoms with E-state index in [1.54, 1.807) is 42.7 Å². The van der Waals surface area contributed by atoms with Gasteiger partial charge in [-0.15, -0.1) is 0 Å². The summed E-state index contributed by atoms with van der Waals surface area (Å²) in [6.07, 6.45) is 18.0. The zero-order chi connectivity index (χ0) is 48.6. The van der Waals surface area contributed by atoms with Crippen LogP contribution in [0, 0.1) is 23.7 Å². The molecule has 0 fully saturated rings. The fourth-order valence-corrected chi connectivity index (χ4v) is 7.10. The van der Waals surface area contributed by atoms with E-state index in [0.717, 1.165) is 71.2 Å². The van der Waals surface area contributed by atoms with Crippen LogP contribution in [0.4, 0.5) is 0 Å². The third kappa shape index (κ3) is 33.9. The van der Waals surface area contributed by atoms with Gasteiger partial charge in [0.15, 0.2) is 6.29 Å². The molecule has 0 aromatic carbocycles. The highest BCUT2D eigenvalue weighted by molar-refractivity contribution is 5.13. The largest absolute Gasteiger partial charge is 0.400 e. The third-order valence-corrected chi connectivity index (χ3v) is 11.3. The van der Waals surface area contributed by atoms with E-state index < -0.39 is 18.5 Å². The topological polar surface area (TPSA) is 186 Å². The summed E-state index contributed by atoms with van der Waals surface area (Å²) < 4.78 is 37.2. The van der Waals surface area contributed by atoms with Crippen molar-refractivity contribution in [3.63, 3.8) is 0 Å². The Morgan fingerprint density at radius 2 is 0.871 bits per heavy atom. The number of allylic oxidation sites excluding steroid dienone is 4. The molecule has 0 bridgehead atoms. The molecule has 0 rings (SSSR count). The van der Waals surface area contributed by atoms with E-state index >= 15 is 0 Å². The Hall–Kier alpha value is -1.56. The molecular weight excluding hydrogens is 797 g/mol. The van der Waals surface area contributed by atoms with Crippen LogP contribution < -0.4 is 0 Å². The van der Waals surface area contributed by atoms with Crippen LogP contribution >= 0.6 is 0 Å². The Bertz CT molecular complexity index is 1080. The Labute approximate surface area is 379 Å². The second kappa shape index (κ2) is 44.6. The molecule has 0 aliphatic carbocycles. The minimum absolute atomic E-state index is 0.0356. The molecule has 0 heterocycles. The first-order chi connectivity index (χ1) is 29.5. The van der Waals surface area contributed by atoms with E-state index in [1.807, 2.05) is 51.2 Å². The minimum atomic E-state index is -0.974. The molecular formula is C49H98O13. The summed E-state index contributed by atoms with van der Waals surface area (Å²) in [5.41, 5.74) is 2.33. The monoisotopic (exact) mass is 895 g/mol. The van der Waals surface area contributed by atoms with Crippen LogP contribution in [0.5, 0.6) is 0 Å². The molecule has 13 unspecified atom stereocenters. The molecule has 62 heavy (non-hydrogen) atoms. The van der Waals surface area contributed by atoms with Crippen LogP contribution in [0.3, 0.4) is 0 Å². The number of hydrogen-bond acceptors (Lipinski definition) is 13. The van der Waals surface area contributed by atoms with Crippen molar-refractivity contribution in [3.8, 4) is 0 Å². The van der Waals surface area contributed by atoms with Crippen molar-refractivity contribution in [1.82, 2.24) is 0 Å². The van der Waals surface area contributed by atoms with Gasteiger partial charge in [0.05, 0.1) is 49.3 Å². The second-order valence-electron chi connectivity index (χ2n) is 16.2. The summed E-state index contributed by atoms with van der Waals surface area (Å²) in [7, 11) is 13.4. The molecule has 0 aliphatic heterocycles. The maximum Gasteiger partial charge on any atom is 0.180 e. The van der Waals surface area contributed by atoms with Gasteiger partial charge in [0.2, 0.25) is 0 Å². The van der Waals surface area contributed by atoms with Crippen LogP contribution in [-0.2, 0) is 33.2 Å². The van der Waals surface area contributed by atoms with Gasteiger partial charge in [-0.25, -0.2) is 0 Å². The highest BCUT2D eigenvalue weighted by Gasteiger charge is 2.24. The second-order valence-corrected chi connectivity index (χ2v) is 16.2. The summed E-state index contributed by atoms with van der Waals surface area (Å²) in [4.78, 5) is 0. The zero-order valence-corrected chi connectivity index (χ0v) is 42.3. The predicted octanol–water partition coefficient (Wildman–Crippen LogP) is 7.45. The van der Waals surface area contributed by atoms with Crippen molar-refractivity contribution >= 4 is 0 Å². The Kier molecular flexibility index (Phi) is 48.3. The standard InChI is InChI=1S/C24H46O6.C23H44O5.2CH4O/c1-9-22(28-6)19(4)13-14-21(25)18(3)12-10-11-17(2)15-20(27-5)16-23(29-7)24(26)30-8;1-8-23(28-7)19(4)12-13-22(25)18(3)11-9-10-17(2)14-21(27-6)15-20(24)16-26-5;2*1-2/h10-12,18-26H,9,13-16H2,1-8H3;9-11,18-25H,8,12-16H2,1-7H3;2*2H,1H3/b12-10+,17-11+;11-9+,17-10+;;. The fourth-order valence-electron chi connectivity index (χ4n) is 7.10. The third-order valence-electron chi connectivity index (χ3n) is 11.3. The smallest absolute Gasteiger partial charge is 0.180 e. The van der Waals surface area contributed by atoms with Gasteiger partial charge in [-0.1, -0.05) is 89.1 Å². The van der Waals surface area contributed by atoms with Crippen molar-refractivity contribution in [2.45, 2.75) is 175 Å². The molecule has 0 saturated carbocycles. The van der Waals surface area contributed by atoms with E-state index in [-0.39, 0.29) is 48.5 Å². The normalized spacial score (nSPS) is 18.6. The minimum Gasteiger partial charge on any atom is -0.400 e. The summed E-state index contributed by atoms with van der Waals surface area (Å²) in [6, 6.07) is 0. The Balaban J connectivity index is -0.000000503. The van der Waals surface area contributed by atoms with Crippen LogP contribution in [0.1, 0.15) is 120 Å². The molecule has 0 amide bonds. The highest BCUT2D eigenvalue weighted by atomic mass is 16.6. The van der Waals surface area contributed by atoms with Crippen molar-refractivity contribution < 1.29 is 63.8 Å². The molecule has 0 aromatic heterocycles. The highest BCUT2D eigenvalue weighted by Crippen LogP contribution is 2.23. The number of aliphatic hydroxyl groups is 6. The van der Waals surface area contributed by atoms with Gasteiger partial charge in [0.25, 0.3) is 0 Å². The maximum absolute atomic E-state index is 10.5. The van der Waals surface area contributed by atoms with Crippen molar-refractivity contribution in [1.29, 1.82) is 0 Å². The summed E-state index contributed by atoms with van der Waals surface area (Å²) in [6.45, 7) is 17.1. The van der Waals surface area contributed by atoms with E-state index in [1.165, 1.54) is 12.7 Å². The van der Waals surface area contributed by atoms with E-state index in [2.05, 4.69) is 40.7 Å². The lowest BCUT2D eigenvalue weighted by Crippen LogP contribution is -2.33. The quantitative estimate of drug-likeness (QED) is 0.0282. The molecule has 0 aromatic rings. The first-order valence-corrected chi connectivity index (χ1v) is 22.5. The van der Waals surface area contributed by atoms with E-state index in [0.29, 0.717) is 31.3 Å².